The second-order valence-corrected chi connectivity index (χ2v) is 2.27. The van der Waals surface area contributed by atoms with Crippen LogP contribution in [0.3, 0.4) is 0 Å². The molecular formula is C8H8N2O2. The van der Waals surface area contributed by atoms with Gasteiger partial charge in [0.05, 0.1) is 0 Å². The highest BCUT2D eigenvalue weighted by atomic mass is 16.2. The first-order chi connectivity index (χ1) is 5.66. The van der Waals surface area contributed by atoms with Gasteiger partial charge >= 0.3 is 0 Å². The third-order valence-electron chi connectivity index (χ3n) is 1.45. The topological polar surface area (TPSA) is 58.5 Å². The number of imide groups is 1. The Morgan fingerprint density at radius 1 is 1.42 bits per heavy atom. The largest absolute Gasteiger partial charge is 0.287 e. The molecule has 1 aliphatic rings. The molecule has 0 fully saturated rings. The molecule has 4 nitrogen and oxygen atoms in total. The third kappa shape index (κ3) is 1.32. The van der Waals surface area contributed by atoms with Crippen molar-refractivity contribution in [1.82, 2.24) is 5.32 Å². The van der Waals surface area contributed by atoms with Crippen molar-refractivity contribution >= 4 is 18.0 Å². The lowest BCUT2D eigenvalue weighted by Gasteiger charge is -1.87. The van der Waals surface area contributed by atoms with Crippen LogP contribution in [-0.2, 0) is 9.59 Å². The van der Waals surface area contributed by atoms with Crippen molar-refractivity contribution in [1.29, 1.82) is 0 Å². The molecule has 0 unspecified atom stereocenters. The van der Waals surface area contributed by atoms with E-state index in [1.165, 1.54) is 12.3 Å². The fourth-order valence-electron chi connectivity index (χ4n) is 0.817. The van der Waals surface area contributed by atoms with Gasteiger partial charge in [-0.2, -0.15) is 0 Å². The van der Waals surface area contributed by atoms with E-state index in [1.54, 1.807) is 6.92 Å². The van der Waals surface area contributed by atoms with Crippen molar-refractivity contribution in [3.63, 3.8) is 0 Å². The number of nitrogens with one attached hydrogen (secondary N) is 1. The van der Waals surface area contributed by atoms with Crippen LogP contribution in [0.25, 0.3) is 0 Å². The molecule has 1 heterocycles. The molecule has 1 rings (SSSR count). The van der Waals surface area contributed by atoms with E-state index in [-0.39, 0.29) is 11.6 Å². The minimum atomic E-state index is -0.449. The molecule has 4 heteroatoms. The number of rotatable bonds is 2. The average Bonchev–Trinajstić information content (AvgIpc) is 2.25. The lowest BCUT2D eigenvalue weighted by atomic mass is 10.3. The summed E-state index contributed by atoms with van der Waals surface area (Å²) in [5, 5.41) is 2.13. The third-order valence-corrected chi connectivity index (χ3v) is 1.45. The summed E-state index contributed by atoms with van der Waals surface area (Å²) < 4.78 is 0. The maximum atomic E-state index is 11.0. The zero-order chi connectivity index (χ0) is 9.14. The Balaban J connectivity index is 3.00. The van der Waals surface area contributed by atoms with Gasteiger partial charge in [-0.05, 0) is 6.92 Å². The molecule has 0 aliphatic carbocycles. The number of carbonyl (C=O) groups excluding carboxylic acids is 2. The maximum absolute atomic E-state index is 11.0. The highest BCUT2D eigenvalue weighted by molar-refractivity contribution is 6.19. The van der Waals surface area contributed by atoms with E-state index in [9.17, 15) is 9.59 Å². The van der Waals surface area contributed by atoms with Crippen LogP contribution >= 0.6 is 0 Å². The Morgan fingerprint density at radius 2 is 2.08 bits per heavy atom. The van der Waals surface area contributed by atoms with Gasteiger partial charge in [0, 0.05) is 11.8 Å². The fourth-order valence-corrected chi connectivity index (χ4v) is 0.817. The van der Waals surface area contributed by atoms with Crippen LogP contribution < -0.4 is 5.32 Å². The lowest BCUT2D eigenvalue weighted by Crippen LogP contribution is -2.22. The van der Waals surface area contributed by atoms with E-state index >= 15 is 0 Å². The number of aliphatic imine (C=N–C) groups is 1. The molecule has 0 bridgehead atoms. The fraction of sp³-hybridized carbons (Fsp3) is 0.125. The molecule has 1 aliphatic heterocycles. The predicted octanol–water partition coefficient (Wildman–Crippen LogP) is 0.174. The second-order valence-electron chi connectivity index (χ2n) is 2.27. The highest BCUT2D eigenvalue weighted by Gasteiger charge is 2.25. The number of hydrogen-bond donors (Lipinski definition) is 1. The van der Waals surface area contributed by atoms with Crippen molar-refractivity contribution in [3.05, 3.63) is 23.9 Å². The Kier molecular flexibility index (Phi) is 2.19. The lowest BCUT2D eigenvalue weighted by molar-refractivity contribution is -0.124. The van der Waals surface area contributed by atoms with E-state index in [0.29, 0.717) is 5.57 Å². The van der Waals surface area contributed by atoms with Crippen LogP contribution in [0.1, 0.15) is 6.92 Å². The molecule has 1 N–H and O–H groups in total. The number of hydrogen-bond acceptors (Lipinski definition) is 3. The van der Waals surface area contributed by atoms with Gasteiger partial charge in [-0.1, -0.05) is 12.7 Å². The number of nitrogens with zero attached hydrogens (tertiary/aromatic N) is 1. The van der Waals surface area contributed by atoms with Gasteiger partial charge in [0.1, 0.15) is 5.70 Å². The first kappa shape index (κ1) is 8.39. The quantitative estimate of drug-likeness (QED) is 0.467. The summed E-state index contributed by atoms with van der Waals surface area (Å²) >= 11 is 0. The van der Waals surface area contributed by atoms with Gasteiger partial charge in [0.25, 0.3) is 11.8 Å². The van der Waals surface area contributed by atoms with Gasteiger partial charge in [-0.25, -0.2) is 0 Å². The minimum absolute atomic E-state index is 0.167. The molecule has 2 amide bonds. The summed E-state index contributed by atoms with van der Waals surface area (Å²) in [6.07, 6.45) is 2.81. The molecule has 0 aromatic rings. The molecule has 62 valence electrons. The SMILES string of the molecule is C=CC=NC1=C(C)C(=O)NC1=O. The van der Waals surface area contributed by atoms with Crippen LogP contribution in [0.4, 0.5) is 0 Å². The molecule has 0 aromatic carbocycles. The molecule has 0 spiro atoms. The van der Waals surface area contributed by atoms with Gasteiger partial charge in [-0.15, -0.1) is 0 Å². The van der Waals surface area contributed by atoms with Crippen molar-refractivity contribution < 1.29 is 9.59 Å². The van der Waals surface area contributed by atoms with Crippen molar-refractivity contribution in [3.8, 4) is 0 Å². The van der Waals surface area contributed by atoms with Crippen molar-refractivity contribution in [2.24, 2.45) is 4.99 Å². The molecule has 12 heavy (non-hydrogen) atoms. The monoisotopic (exact) mass is 164 g/mol. The van der Waals surface area contributed by atoms with Crippen LogP contribution in [-0.4, -0.2) is 18.0 Å². The highest BCUT2D eigenvalue weighted by Crippen LogP contribution is 2.11. The predicted molar refractivity (Wildman–Crippen MR) is 44.5 cm³/mol. The van der Waals surface area contributed by atoms with Crippen LogP contribution in [0.5, 0.6) is 0 Å². The average molecular weight is 164 g/mol. The summed E-state index contributed by atoms with van der Waals surface area (Å²) in [6.45, 7) is 4.95. The summed E-state index contributed by atoms with van der Waals surface area (Å²) in [7, 11) is 0. The number of carbonyl (C=O) groups is 2. The van der Waals surface area contributed by atoms with Gasteiger partial charge in [0.2, 0.25) is 0 Å². The molecule has 0 aromatic heterocycles. The minimum Gasteiger partial charge on any atom is -0.287 e. The van der Waals surface area contributed by atoms with Gasteiger partial charge in [0.15, 0.2) is 0 Å². The second kappa shape index (κ2) is 3.13. The summed E-state index contributed by atoms with van der Waals surface area (Å²) in [6, 6.07) is 0. The molecule has 0 saturated heterocycles. The molecule has 0 radical (unpaired) electrons. The van der Waals surface area contributed by atoms with Crippen LogP contribution in [0.15, 0.2) is 28.9 Å². The zero-order valence-corrected chi connectivity index (χ0v) is 6.63. The van der Waals surface area contributed by atoms with Crippen LogP contribution in [0.2, 0.25) is 0 Å². The van der Waals surface area contributed by atoms with E-state index in [1.807, 2.05) is 0 Å². The van der Waals surface area contributed by atoms with Gasteiger partial charge < -0.3 is 0 Å². The Bertz CT molecular complexity index is 313. The van der Waals surface area contributed by atoms with E-state index in [0.717, 1.165) is 0 Å². The summed E-state index contributed by atoms with van der Waals surface area (Å²) in [5.74, 6) is -0.827. The molecular weight excluding hydrogens is 156 g/mol. The Morgan fingerprint density at radius 3 is 2.50 bits per heavy atom. The number of amides is 2. The van der Waals surface area contributed by atoms with E-state index < -0.39 is 5.91 Å². The van der Waals surface area contributed by atoms with E-state index in [2.05, 4.69) is 16.9 Å². The Labute approximate surface area is 69.7 Å². The number of allylic oxidation sites excluding steroid dienone is 1. The van der Waals surface area contributed by atoms with Crippen LogP contribution in [0, 0.1) is 0 Å². The normalized spacial score (nSPS) is 17.4. The standard InChI is InChI=1S/C8H8N2O2/c1-3-4-9-6-5(2)7(11)10-8(6)12/h3-4H,1H2,2H3,(H,10,11,12). The van der Waals surface area contributed by atoms with E-state index in [4.69, 9.17) is 0 Å². The van der Waals surface area contributed by atoms with Gasteiger partial charge in [-0.3, -0.25) is 19.9 Å². The first-order valence-electron chi connectivity index (χ1n) is 3.38. The first-order valence-corrected chi connectivity index (χ1v) is 3.38. The smallest absolute Gasteiger partial charge is 0.277 e. The van der Waals surface area contributed by atoms with Crippen molar-refractivity contribution in [2.45, 2.75) is 6.92 Å². The van der Waals surface area contributed by atoms with Crippen molar-refractivity contribution in [2.75, 3.05) is 0 Å². The molecule has 0 atom stereocenters. The molecule has 0 saturated carbocycles. The summed E-state index contributed by atoms with van der Waals surface area (Å²) in [4.78, 5) is 25.6. The Hall–Kier alpha value is -1.71. The maximum Gasteiger partial charge on any atom is 0.277 e. The zero-order valence-electron chi connectivity index (χ0n) is 6.63. The summed E-state index contributed by atoms with van der Waals surface area (Å²) in [5.41, 5.74) is 0.512.